The van der Waals surface area contributed by atoms with Crippen LogP contribution in [0.4, 0.5) is 0 Å². The first kappa shape index (κ1) is 16.2. The van der Waals surface area contributed by atoms with E-state index in [0.717, 1.165) is 51.3 Å². The fraction of sp³-hybridized carbons (Fsp3) is 0.500. The molecule has 0 spiro atoms. The van der Waals surface area contributed by atoms with E-state index in [1.165, 1.54) is 12.0 Å². The SMILES string of the molecule is COC(=O)c1[nH]ncc1CN1CCCN(Cc2cccs2)CC1. The summed E-state index contributed by atoms with van der Waals surface area (Å²) in [6.45, 7) is 5.95. The van der Waals surface area contributed by atoms with Gasteiger partial charge in [-0.25, -0.2) is 4.79 Å². The van der Waals surface area contributed by atoms with Crippen molar-refractivity contribution in [3.05, 3.63) is 39.8 Å². The predicted octanol–water partition coefficient (Wildman–Crippen LogP) is 1.97. The van der Waals surface area contributed by atoms with Crippen LogP contribution in [0.15, 0.2) is 23.7 Å². The topological polar surface area (TPSA) is 61.5 Å². The molecular weight excluding hydrogens is 312 g/mol. The van der Waals surface area contributed by atoms with Crippen molar-refractivity contribution in [2.45, 2.75) is 19.5 Å². The highest BCUT2D eigenvalue weighted by atomic mass is 32.1. The number of nitrogens with one attached hydrogen (secondary N) is 1. The lowest BCUT2D eigenvalue weighted by Gasteiger charge is -2.21. The maximum atomic E-state index is 11.7. The maximum absolute atomic E-state index is 11.7. The Bertz CT molecular complexity index is 626. The van der Waals surface area contributed by atoms with Crippen molar-refractivity contribution in [3.63, 3.8) is 0 Å². The molecule has 0 saturated carbocycles. The molecule has 0 aliphatic carbocycles. The molecule has 0 bridgehead atoms. The Hall–Kier alpha value is -1.70. The molecule has 0 amide bonds. The molecular formula is C16H22N4O2S. The second-order valence-electron chi connectivity index (χ2n) is 5.75. The molecule has 0 aromatic carbocycles. The van der Waals surface area contributed by atoms with Gasteiger partial charge in [-0.2, -0.15) is 5.10 Å². The zero-order valence-corrected chi connectivity index (χ0v) is 14.1. The minimum atomic E-state index is -0.355. The molecule has 6 nitrogen and oxygen atoms in total. The van der Waals surface area contributed by atoms with E-state index >= 15 is 0 Å². The molecule has 3 rings (SSSR count). The fourth-order valence-corrected chi connectivity index (χ4v) is 3.66. The first-order valence-electron chi connectivity index (χ1n) is 7.84. The van der Waals surface area contributed by atoms with Crippen LogP contribution >= 0.6 is 11.3 Å². The van der Waals surface area contributed by atoms with Crippen LogP contribution in [0.3, 0.4) is 0 Å². The van der Waals surface area contributed by atoms with Gasteiger partial charge in [-0.3, -0.25) is 14.9 Å². The van der Waals surface area contributed by atoms with E-state index in [4.69, 9.17) is 4.74 Å². The third-order valence-corrected chi connectivity index (χ3v) is 5.00. The Kier molecular flexibility index (Phi) is 5.43. The lowest BCUT2D eigenvalue weighted by atomic mass is 10.2. The molecule has 1 saturated heterocycles. The van der Waals surface area contributed by atoms with Gasteiger partial charge < -0.3 is 4.74 Å². The Labute approximate surface area is 140 Å². The predicted molar refractivity (Wildman–Crippen MR) is 89.4 cm³/mol. The van der Waals surface area contributed by atoms with Gasteiger partial charge in [-0.15, -0.1) is 11.3 Å². The minimum Gasteiger partial charge on any atom is -0.464 e. The Balaban J connectivity index is 1.56. The highest BCUT2D eigenvalue weighted by Crippen LogP contribution is 2.16. The van der Waals surface area contributed by atoms with Crippen LogP contribution in [-0.2, 0) is 17.8 Å². The number of H-pyrrole nitrogens is 1. The average Bonchev–Trinajstić information content (AvgIpc) is 3.18. The quantitative estimate of drug-likeness (QED) is 0.847. The van der Waals surface area contributed by atoms with E-state index in [-0.39, 0.29) is 5.97 Å². The van der Waals surface area contributed by atoms with Crippen LogP contribution in [0.5, 0.6) is 0 Å². The average molecular weight is 334 g/mol. The molecule has 2 aromatic rings. The normalized spacial score (nSPS) is 17.1. The number of esters is 1. The van der Waals surface area contributed by atoms with E-state index in [9.17, 15) is 4.79 Å². The molecule has 0 atom stereocenters. The molecule has 1 fully saturated rings. The summed E-state index contributed by atoms with van der Waals surface area (Å²) in [5.74, 6) is -0.355. The third kappa shape index (κ3) is 4.19. The number of nitrogens with zero attached hydrogens (tertiary/aromatic N) is 3. The summed E-state index contributed by atoms with van der Waals surface area (Å²) in [6.07, 6.45) is 2.86. The number of hydrogen-bond acceptors (Lipinski definition) is 6. The van der Waals surface area contributed by atoms with Crippen LogP contribution in [0.1, 0.15) is 27.3 Å². The van der Waals surface area contributed by atoms with Crippen molar-refractivity contribution >= 4 is 17.3 Å². The highest BCUT2D eigenvalue weighted by Gasteiger charge is 2.19. The molecule has 1 N–H and O–H groups in total. The van der Waals surface area contributed by atoms with Gasteiger partial charge in [0.2, 0.25) is 0 Å². The van der Waals surface area contributed by atoms with Crippen LogP contribution in [0.2, 0.25) is 0 Å². The van der Waals surface area contributed by atoms with Gasteiger partial charge >= 0.3 is 5.97 Å². The number of aromatic amines is 1. The Morgan fingerprint density at radius 2 is 2.09 bits per heavy atom. The van der Waals surface area contributed by atoms with Crippen molar-refractivity contribution in [2.24, 2.45) is 0 Å². The van der Waals surface area contributed by atoms with E-state index < -0.39 is 0 Å². The largest absolute Gasteiger partial charge is 0.464 e. The number of thiophene rings is 1. The summed E-state index contributed by atoms with van der Waals surface area (Å²) >= 11 is 1.82. The van der Waals surface area contributed by atoms with Gasteiger partial charge in [-0.1, -0.05) is 6.07 Å². The first-order chi connectivity index (χ1) is 11.3. The van der Waals surface area contributed by atoms with E-state index in [1.807, 2.05) is 11.3 Å². The molecule has 1 aliphatic heterocycles. The molecule has 0 radical (unpaired) electrons. The Morgan fingerprint density at radius 1 is 1.30 bits per heavy atom. The molecule has 1 aliphatic rings. The van der Waals surface area contributed by atoms with Crippen molar-refractivity contribution < 1.29 is 9.53 Å². The van der Waals surface area contributed by atoms with Crippen LogP contribution in [-0.4, -0.2) is 59.3 Å². The molecule has 0 unspecified atom stereocenters. The summed E-state index contributed by atoms with van der Waals surface area (Å²) in [7, 11) is 1.39. The van der Waals surface area contributed by atoms with Crippen molar-refractivity contribution in [3.8, 4) is 0 Å². The smallest absolute Gasteiger partial charge is 0.356 e. The van der Waals surface area contributed by atoms with Crippen molar-refractivity contribution in [1.82, 2.24) is 20.0 Å². The Morgan fingerprint density at radius 3 is 2.78 bits per heavy atom. The van der Waals surface area contributed by atoms with Gasteiger partial charge in [0.25, 0.3) is 0 Å². The first-order valence-corrected chi connectivity index (χ1v) is 8.72. The number of carbonyl (C=O) groups excluding carboxylic acids is 1. The second kappa shape index (κ2) is 7.72. The maximum Gasteiger partial charge on any atom is 0.356 e. The fourth-order valence-electron chi connectivity index (χ4n) is 2.91. The standard InChI is InChI=1S/C16H22N4O2S/c1-22-16(21)15-13(10-17-18-15)11-19-5-3-6-20(8-7-19)12-14-4-2-9-23-14/h2,4,9-10H,3,5-8,11-12H2,1H3,(H,17,18). The van der Waals surface area contributed by atoms with Gasteiger partial charge in [0, 0.05) is 36.6 Å². The van der Waals surface area contributed by atoms with E-state index in [0.29, 0.717) is 5.69 Å². The zero-order valence-electron chi connectivity index (χ0n) is 13.3. The van der Waals surface area contributed by atoms with Crippen molar-refractivity contribution in [2.75, 3.05) is 33.3 Å². The molecule has 23 heavy (non-hydrogen) atoms. The number of methoxy groups -OCH3 is 1. The number of hydrogen-bond donors (Lipinski definition) is 1. The summed E-state index contributed by atoms with van der Waals surface area (Å²) in [5.41, 5.74) is 1.37. The number of aromatic nitrogens is 2. The molecule has 3 heterocycles. The number of rotatable bonds is 5. The van der Waals surface area contributed by atoms with Gasteiger partial charge in [0.15, 0.2) is 0 Å². The van der Waals surface area contributed by atoms with Crippen LogP contribution < -0.4 is 0 Å². The monoisotopic (exact) mass is 334 g/mol. The van der Waals surface area contributed by atoms with E-state index in [1.54, 1.807) is 6.20 Å². The third-order valence-electron chi connectivity index (χ3n) is 4.14. The summed E-state index contributed by atoms with van der Waals surface area (Å²) in [4.78, 5) is 18.0. The minimum absolute atomic E-state index is 0.355. The molecule has 124 valence electrons. The van der Waals surface area contributed by atoms with E-state index in [2.05, 4.69) is 37.5 Å². The lowest BCUT2D eigenvalue weighted by molar-refractivity contribution is 0.0591. The highest BCUT2D eigenvalue weighted by molar-refractivity contribution is 7.09. The number of ether oxygens (including phenoxy) is 1. The molecule has 2 aromatic heterocycles. The van der Waals surface area contributed by atoms with Crippen LogP contribution in [0.25, 0.3) is 0 Å². The van der Waals surface area contributed by atoms with Gasteiger partial charge in [-0.05, 0) is 31.0 Å². The zero-order chi connectivity index (χ0) is 16.1. The molecule has 7 heteroatoms. The summed E-state index contributed by atoms with van der Waals surface area (Å²) in [6, 6.07) is 4.30. The number of carbonyl (C=O) groups is 1. The van der Waals surface area contributed by atoms with Gasteiger partial charge in [0.05, 0.1) is 13.3 Å². The lowest BCUT2D eigenvalue weighted by Crippen LogP contribution is -2.30. The second-order valence-corrected chi connectivity index (χ2v) is 6.78. The van der Waals surface area contributed by atoms with Crippen LogP contribution in [0, 0.1) is 0 Å². The van der Waals surface area contributed by atoms with Crippen molar-refractivity contribution in [1.29, 1.82) is 0 Å². The summed E-state index contributed by atoms with van der Waals surface area (Å²) in [5, 5.41) is 8.85. The summed E-state index contributed by atoms with van der Waals surface area (Å²) < 4.78 is 4.79. The van der Waals surface area contributed by atoms with Gasteiger partial charge in [0.1, 0.15) is 5.69 Å².